The van der Waals surface area contributed by atoms with E-state index in [0.29, 0.717) is 5.02 Å². The molecular formula is C13H10ClNO2S. The smallest absolute Gasteiger partial charge is 0.199 e. The third-order valence-electron chi connectivity index (χ3n) is 2.25. The maximum Gasteiger partial charge on any atom is 0.199 e. The van der Waals surface area contributed by atoms with E-state index in [0.717, 1.165) is 11.0 Å². The molecule has 0 aliphatic heterocycles. The summed E-state index contributed by atoms with van der Waals surface area (Å²) in [6.45, 7) is 0. The number of halogens is 1. The average molecular weight is 280 g/mol. The van der Waals surface area contributed by atoms with E-state index in [1.54, 1.807) is 36.7 Å². The maximum absolute atomic E-state index is 12.0. The minimum absolute atomic E-state index is 0.176. The highest BCUT2D eigenvalue weighted by molar-refractivity contribution is 7.94. The minimum atomic E-state index is -3.47. The first-order chi connectivity index (χ1) is 8.58. The molecule has 1 aromatic heterocycles. The minimum Gasteiger partial charge on any atom is -0.264 e. The maximum atomic E-state index is 12.0. The van der Waals surface area contributed by atoms with Crippen molar-refractivity contribution < 1.29 is 8.42 Å². The van der Waals surface area contributed by atoms with Gasteiger partial charge in [0.1, 0.15) is 0 Å². The molecule has 0 atom stereocenters. The molecular weight excluding hydrogens is 270 g/mol. The quantitative estimate of drug-likeness (QED) is 0.867. The van der Waals surface area contributed by atoms with Gasteiger partial charge in [-0.3, -0.25) is 4.98 Å². The van der Waals surface area contributed by atoms with E-state index in [4.69, 9.17) is 11.6 Å². The van der Waals surface area contributed by atoms with Crippen molar-refractivity contribution in [2.45, 2.75) is 4.90 Å². The van der Waals surface area contributed by atoms with E-state index in [1.165, 1.54) is 18.2 Å². The SMILES string of the molecule is O=S(=O)(/C=C/c1cccnc1)c1cccc(Cl)c1. The molecule has 0 saturated carbocycles. The largest absolute Gasteiger partial charge is 0.264 e. The third kappa shape index (κ3) is 3.18. The van der Waals surface area contributed by atoms with Crippen molar-refractivity contribution in [1.29, 1.82) is 0 Å². The van der Waals surface area contributed by atoms with Crippen LogP contribution in [-0.4, -0.2) is 13.4 Å². The lowest BCUT2D eigenvalue weighted by molar-refractivity contribution is 0.605. The first-order valence-electron chi connectivity index (χ1n) is 5.17. The van der Waals surface area contributed by atoms with Crippen LogP contribution in [0.25, 0.3) is 6.08 Å². The van der Waals surface area contributed by atoms with Crippen molar-refractivity contribution >= 4 is 27.5 Å². The molecule has 92 valence electrons. The summed E-state index contributed by atoms with van der Waals surface area (Å²) in [5.41, 5.74) is 0.725. The van der Waals surface area contributed by atoms with E-state index in [2.05, 4.69) is 4.98 Å². The predicted molar refractivity (Wildman–Crippen MR) is 71.9 cm³/mol. The molecule has 0 N–H and O–H groups in total. The number of benzene rings is 1. The lowest BCUT2D eigenvalue weighted by Crippen LogP contribution is -1.95. The van der Waals surface area contributed by atoms with Crippen molar-refractivity contribution in [2.24, 2.45) is 0 Å². The fourth-order valence-electron chi connectivity index (χ4n) is 1.37. The van der Waals surface area contributed by atoms with E-state index in [9.17, 15) is 8.42 Å². The number of pyridine rings is 1. The fourth-order valence-corrected chi connectivity index (χ4v) is 2.67. The van der Waals surface area contributed by atoms with Gasteiger partial charge in [-0.05, 0) is 35.9 Å². The second-order valence-corrected chi connectivity index (χ2v) is 5.86. The molecule has 0 bridgehead atoms. The summed E-state index contributed by atoms with van der Waals surface area (Å²) >= 11 is 5.77. The molecule has 2 aromatic rings. The van der Waals surface area contributed by atoms with E-state index in [1.807, 2.05) is 0 Å². The van der Waals surface area contributed by atoms with E-state index in [-0.39, 0.29) is 4.90 Å². The van der Waals surface area contributed by atoms with Gasteiger partial charge in [0.25, 0.3) is 0 Å². The van der Waals surface area contributed by atoms with Crippen molar-refractivity contribution in [3.8, 4) is 0 Å². The summed E-state index contributed by atoms with van der Waals surface area (Å²) in [6, 6.07) is 9.68. The Morgan fingerprint density at radius 2 is 2.00 bits per heavy atom. The van der Waals surface area contributed by atoms with Crippen LogP contribution < -0.4 is 0 Å². The Morgan fingerprint density at radius 3 is 2.67 bits per heavy atom. The Morgan fingerprint density at radius 1 is 1.17 bits per heavy atom. The molecule has 0 radical (unpaired) electrons. The third-order valence-corrected chi connectivity index (χ3v) is 3.89. The van der Waals surface area contributed by atoms with E-state index < -0.39 is 9.84 Å². The van der Waals surface area contributed by atoms with Crippen LogP contribution in [0.3, 0.4) is 0 Å². The zero-order chi connectivity index (χ0) is 13.0. The molecule has 1 heterocycles. The van der Waals surface area contributed by atoms with Gasteiger partial charge in [-0.1, -0.05) is 23.7 Å². The first-order valence-corrected chi connectivity index (χ1v) is 7.09. The Hall–Kier alpha value is -1.65. The van der Waals surface area contributed by atoms with Crippen LogP contribution in [0, 0.1) is 0 Å². The van der Waals surface area contributed by atoms with Crippen LogP contribution >= 0.6 is 11.6 Å². The molecule has 0 aliphatic carbocycles. The summed E-state index contributed by atoms with van der Waals surface area (Å²) in [5.74, 6) is 0. The second kappa shape index (κ2) is 5.33. The standard InChI is InChI=1S/C13H10ClNO2S/c14-12-4-1-5-13(9-12)18(16,17)8-6-11-3-2-7-15-10-11/h1-10H/b8-6+. The molecule has 5 heteroatoms. The number of hydrogen-bond donors (Lipinski definition) is 0. The van der Waals surface area contributed by atoms with Gasteiger partial charge >= 0.3 is 0 Å². The van der Waals surface area contributed by atoms with Gasteiger partial charge < -0.3 is 0 Å². The highest BCUT2D eigenvalue weighted by atomic mass is 35.5. The van der Waals surface area contributed by atoms with E-state index >= 15 is 0 Å². The molecule has 0 aliphatic rings. The summed E-state index contributed by atoms with van der Waals surface area (Å²) in [5, 5.41) is 1.54. The lowest BCUT2D eigenvalue weighted by atomic mass is 10.3. The predicted octanol–water partition coefficient (Wildman–Crippen LogP) is 3.18. The summed E-state index contributed by atoms with van der Waals surface area (Å²) in [6.07, 6.45) is 4.72. The zero-order valence-corrected chi connectivity index (χ0v) is 10.9. The average Bonchev–Trinajstić information content (AvgIpc) is 2.38. The highest BCUT2D eigenvalue weighted by Gasteiger charge is 2.10. The van der Waals surface area contributed by atoms with Crippen molar-refractivity contribution in [3.05, 3.63) is 64.8 Å². The summed E-state index contributed by atoms with van der Waals surface area (Å²) in [7, 11) is -3.47. The Balaban J connectivity index is 2.31. The van der Waals surface area contributed by atoms with Gasteiger partial charge in [0, 0.05) is 22.8 Å². The second-order valence-electron chi connectivity index (χ2n) is 3.59. The number of sulfone groups is 1. The van der Waals surface area contributed by atoms with Crippen LogP contribution in [0.1, 0.15) is 5.56 Å². The molecule has 1 aromatic carbocycles. The van der Waals surface area contributed by atoms with Gasteiger partial charge in [0.15, 0.2) is 9.84 Å². The first kappa shape index (κ1) is 12.8. The highest BCUT2D eigenvalue weighted by Crippen LogP contribution is 2.18. The molecule has 0 unspecified atom stereocenters. The number of rotatable bonds is 3. The molecule has 0 fully saturated rings. The Kier molecular flexibility index (Phi) is 3.79. The zero-order valence-electron chi connectivity index (χ0n) is 9.32. The number of nitrogens with zero attached hydrogens (tertiary/aromatic N) is 1. The Bertz CT molecular complexity index is 666. The van der Waals surface area contributed by atoms with Crippen molar-refractivity contribution in [3.63, 3.8) is 0 Å². The molecule has 18 heavy (non-hydrogen) atoms. The lowest BCUT2D eigenvalue weighted by Gasteiger charge is -1.99. The van der Waals surface area contributed by atoms with Crippen molar-refractivity contribution in [1.82, 2.24) is 4.98 Å². The topological polar surface area (TPSA) is 47.0 Å². The molecule has 3 nitrogen and oxygen atoms in total. The van der Waals surface area contributed by atoms with Crippen LogP contribution in [0.15, 0.2) is 59.1 Å². The number of aromatic nitrogens is 1. The van der Waals surface area contributed by atoms with Gasteiger partial charge in [0.05, 0.1) is 4.90 Å². The molecule has 0 spiro atoms. The van der Waals surface area contributed by atoms with Crippen molar-refractivity contribution in [2.75, 3.05) is 0 Å². The van der Waals surface area contributed by atoms with Gasteiger partial charge in [-0.15, -0.1) is 0 Å². The molecule has 0 saturated heterocycles. The van der Waals surface area contributed by atoms with Gasteiger partial charge in [-0.25, -0.2) is 8.42 Å². The van der Waals surface area contributed by atoms with Gasteiger partial charge in [-0.2, -0.15) is 0 Å². The molecule has 2 rings (SSSR count). The Labute approximate surface area is 111 Å². The summed E-state index contributed by atoms with van der Waals surface area (Å²) < 4.78 is 24.0. The van der Waals surface area contributed by atoms with Gasteiger partial charge in [0.2, 0.25) is 0 Å². The summed E-state index contributed by atoms with van der Waals surface area (Å²) in [4.78, 5) is 4.08. The normalized spacial score (nSPS) is 11.8. The van der Waals surface area contributed by atoms with Crippen LogP contribution in [-0.2, 0) is 9.84 Å². The molecule has 0 amide bonds. The van der Waals surface area contributed by atoms with Crippen LogP contribution in [0.4, 0.5) is 0 Å². The van der Waals surface area contributed by atoms with Crippen LogP contribution in [0.2, 0.25) is 5.02 Å². The fraction of sp³-hybridized carbons (Fsp3) is 0. The van der Waals surface area contributed by atoms with Crippen LogP contribution in [0.5, 0.6) is 0 Å². The monoisotopic (exact) mass is 279 g/mol. The number of hydrogen-bond acceptors (Lipinski definition) is 3.